The van der Waals surface area contributed by atoms with E-state index in [4.69, 9.17) is 37.9 Å². The largest absolute Gasteiger partial charge is 0.479 e. The van der Waals surface area contributed by atoms with Crippen LogP contribution in [-0.4, -0.2) is 212 Å². The van der Waals surface area contributed by atoms with Crippen molar-refractivity contribution in [2.45, 2.75) is 163 Å². The minimum atomic E-state index is -1.82. The molecule has 5 aromatic rings. The Bertz CT molecular complexity index is 2760. The highest BCUT2D eigenvalue weighted by atomic mass is 16.7. The van der Waals surface area contributed by atoms with E-state index in [0.717, 1.165) is 11.1 Å². The molecule has 428 valence electrons. The van der Waals surface area contributed by atoms with Crippen LogP contribution in [0.2, 0.25) is 0 Å². The van der Waals surface area contributed by atoms with Gasteiger partial charge < -0.3 is 83.9 Å². The number of nitrogens with zero attached hydrogens (tertiary/aromatic N) is 6. The zero-order chi connectivity index (χ0) is 56.1. The van der Waals surface area contributed by atoms with E-state index in [1.165, 1.54) is 28.4 Å². The number of carbonyl (C=O) groups is 2. The van der Waals surface area contributed by atoms with Crippen LogP contribution in [0.4, 0.5) is 0 Å². The van der Waals surface area contributed by atoms with Crippen molar-refractivity contribution in [1.82, 2.24) is 30.0 Å². The van der Waals surface area contributed by atoms with Crippen molar-refractivity contribution in [1.29, 1.82) is 0 Å². The second-order valence-electron chi connectivity index (χ2n) is 20.5. The molecule has 9 rings (SSSR count). The lowest BCUT2D eigenvalue weighted by Gasteiger charge is -2.49. The number of rotatable bonds is 20. The molecule has 20 atom stereocenters. The molecule has 3 aliphatic heterocycles. The highest BCUT2D eigenvalue weighted by Gasteiger charge is 2.55. The molecule has 1 saturated carbocycles. The van der Waals surface area contributed by atoms with Crippen LogP contribution >= 0.6 is 0 Å². The quantitative estimate of drug-likeness (QED) is 0.0484. The van der Waals surface area contributed by atoms with Crippen LogP contribution in [-0.2, 0) is 42.7 Å². The Morgan fingerprint density at radius 2 is 1.33 bits per heavy atom. The SMILES string of the molecule is CCC[C@H](OC1C(OC(=O)c2ccccc2)[C@H](O[C@@H]2CC(CO[C@H]3OC(CO)[C@@H](O)C(n4cc(-c5cccc(C)c5)nn4)C3O)CC(n3cc(-c4ccccc4)nn3)[C@H]2O[C@@H]2OC(C)[C@@H](O)[C@H](O)C2O)O[C@@H](CO)[C@@H]1O)C(=O)O. The average molecular weight is 1110 g/mol. The van der Waals surface area contributed by atoms with Gasteiger partial charge >= 0.3 is 11.9 Å². The standard InChI is InChI=1S/C54H68N6O19/c1-4-12-36(50(69)70)74-48-43(65)39(25-62)77-54(49(48)78-51(71)31-16-9-6-10-17-31)75-37-21-29(26-72-52-44(66)40(42(64)38(24-61)76-52)60-23-34(56-58-60)32-18-11-13-27(2)19-32)20-35(59-22-33(55-57-59)30-14-7-5-8-15-30)47(37)79-53-46(68)45(67)41(63)28(3)73-53/h5-11,13-19,22-23,28-29,35-49,52-54,61-68H,4,12,20-21,24-26H2,1-3H3,(H,69,70)/t28?,29?,35?,36-,37+,38?,39-,40?,41+,42+,43-,44?,45-,46?,47+,48?,49?,52-,53-,54+/m0/s1. The van der Waals surface area contributed by atoms with Crippen molar-refractivity contribution >= 4 is 11.9 Å². The van der Waals surface area contributed by atoms with Crippen molar-refractivity contribution in [2.75, 3.05) is 19.8 Å². The smallest absolute Gasteiger partial charge is 0.338 e. The topological polar surface area (TPSA) is 351 Å². The normalized spacial score (nSPS) is 34.4. The van der Waals surface area contributed by atoms with E-state index in [0.29, 0.717) is 23.4 Å². The highest BCUT2D eigenvalue weighted by Crippen LogP contribution is 2.42. The van der Waals surface area contributed by atoms with Gasteiger partial charge in [0.1, 0.15) is 78.5 Å². The molecule has 2 aromatic heterocycles. The Hall–Kier alpha value is -5.72. The molecule has 0 radical (unpaired) electrons. The first-order chi connectivity index (χ1) is 38.1. The molecule has 4 fully saturated rings. The van der Waals surface area contributed by atoms with Crippen molar-refractivity contribution in [3.8, 4) is 22.5 Å². The zero-order valence-electron chi connectivity index (χ0n) is 43.5. The molecule has 9 N–H and O–H groups in total. The van der Waals surface area contributed by atoms with Gasteiger partial charge in [-0.05, 0) is 57.2 Å². The van der Waals surface area contributed by atoms with Crippen LogP contribution in [0.1, 0.15) is 67.5 Å². The van der Waals surface area contributed by atoms with Gasteiger partial charge in [-0.3, -0.25) is 0 Å². The van der Waals surface area contributed by atoms with Gasteiger partial charge in [0.25, 0.3) is 0 Å². The minimum Gasteiger partial charge on any atom is -0.479 e. The summed E-state index contributed by atoms with van der Waals surface area (Å²) in [6, 6.07) is 22.2. The minimum absolute atomic E-state index is 0.0209. The third-order valence-electron chi connectivity index (χ3n) is 14.9. The summed E-state index contributed by atoms with van der Waals surface area (Å²) < 4.78 is 53.3. The number of ether oxygens (including phenoxy) is 8. The number of aromatic nitrogens is 6. The Kier molecular flexibility index (Phi) is 18.9. The van der Waals surface area contributed by atoms with Crippen LogP contribution < -0.4 is 0 Å². The summed E-state index contributed by atoms with van der Waals surface area (Å²) in [6.45, 7) is 3.38. The summed E-state index contributed by atoms with van der Waals surface area (Å²) in [6.07, 6.45) is -22.7. The predicted molar refractivity (Wildman–Crippen MR) is 271 cm³/mol. The summed E-state index contributed by atoms with van der Waals surface area (Å²) in [5.74, 6) is -2.96. The molecule has 79 heavy (non-hydrogen) atoms. The maximum atomic E-state index is 14.0. The van der Waals surface area contributed by atoms with E-state index in [-0.39, 0.29) is 31.4 Å². The Labute approximate surface area is 453 Å². The van der Waals surface area contributed by atoms with Crippen LogP contribution in [0.3, 0.4) is 0 Å². The first-order valence-corrected chi connectivity index (χ1v) is 26.4. The zero-order valence-corrected chi connectivity index (χ0v) is 43.5. The third kappa shape index (κ3) is 12.9. The van der Waals surface area contributed by atoms with Gasteiger partial charge in [-0.1, -0.05) is 96.1 Å². The van der Waals surface area contributed by atoms with E-state index < -0.39 is 147 Å². The number of carboxylic acids is 1. The average Bonchev–Trinajstić information content (AvgIpc) is 4.30. The molecule has 9 unspecified atom stereocenters. The maximum absolute atomic E-state index is 14.0. The molecule has 1 aliphatic carbocycles. The summed E-state index contributed by atoms with van der Waals surface area (Å²) in [4.78, 5) is 26.6. The second-order valence-corrected chi connectivity index (χ2v) is 20.5. The van der Waals surface area contributed by atoms with Crippen molar-refractivity contribution < 1.29 is 93.4 Å². The fraction of sp³-hybridized carbons (Fsp3) is 0.556. The van der Waals surface area contributed by atoms with Gasteiger partial charge in [-0.25, -0.2) is 19.0 Å². The lowest BCUT2D eigenvalue weighted by Crippen LogP contribution is -2.64. The fourth-order valence-electron chi connectivity index (χ4n) is 10.6. The van der Waals surface area contributed by atoms with Gasteiger partial charge in [-0.2, -0.15) is 0 Å². The van der Waals surface area contributed by atoms with Crippen LogP contribution in [0.25, 0.3) is 22.5 Å². The van der Waals surface area contributed by atoms with Gasteiger partial charge in [0.15, 0.2) is 31.1 Å². The van der Waals surface area contributed by atoms with Gasteiger partial charge in [0.05, 0.1) is 56.0 Å². The fourth-order valence-corrected chi connectivity index (χ4v) is 10.6. The van der Waals surface area contributed by atoms with Crippen LogP contribution in [0.15, 0.2) is 97.3 Å². The van der Waals surface area contributed by atoms with Crippen molar-refractivity contribution in [2.24, 2.45) is 5.92 Å². The van der Waals surface area contributed by atoms with E-state index in [9.17, 15) is 55.5 Å². The lowest BCUT2D eigenvalue weighted by atomic mass is 9.81. The highest BCUT2D eigenvalue weighted by molar-refractivity contribution is 5.89. The Morgan fingerprint density at radius 1 is 0.684 bits per heavy atom. The molecule has 5 heterocycles. The number of hydrogen-bond acceptors (Lipinski definition) is 22. The van der Waals surface area contributed by atoms with E-state index in [2.05, 4.69) is 20.6 Å². The number of benzene rings is 3. The number of aliphatic hydroxyl groups is 8. The number of esters is 1. The summed E-state index contributed by atoms with van der Waals surface area (Å²) in [7, 11) is 0. The number of aliphatic carboxylic acids is 1. The lowest BCUT2D eigenvalue weighted by molar-refractivity contribution is -0.350. The molecular formula is C54H68N6O19. The van der Waals surface area contributed by atoms with E-state index >= 15 is 0 Å². The van der Waals surface area contributed by atoms with E-state index in [1.54, 1.807) is 37.5 Å². The molecule has 3 saturated heterocycles. The molecule has 0 bridgehead atoms. The number of carboxylic acid groups (broad SMARTS) is 1. The molecular weight excluding hydrogens is 1040 g/mol. The van der Waals surface area contributed by atoms with Crippen molar-refractivity contribution in [3.05, 3.63) is 108 Å². The predicted octanol–water partition coefficient (Wildman–Crippen LogP) is 0.700. The molecule has 3 aromatic carbocycles. The van der Waals surface area contributed by atoms with Gasteiger partial charge in [-0.15, -0.1) is 10.2 Å². The molecule has 4 aliphatic rings. The number of aryl methyl sites for hydroxylation is 1. The van der Waals surface area contributed by atoms with Crippen LogP contribution in [0, 0.1) is 12.8 Å². The summed E-state index contributed by atoms with van der Waals surface area (Å²) in [5, 5.41) is 117. The van der Waals surface area contributed by atoms with Crippen molar-refractivity contribution in [3.63, 3.8) is 0 Å². The second kappa shape index (κ2) is 25.8. The van der Waals surface area contributed by atoms with Gasteiger partial charge in [0, 0.05) is 11.1 Å². The molecule has 0 spiro atoms. The summed E-state index contributed by atoms with van der Waals surface area (Å²) >= 11 is 0. The monoisotopic (exact) mass is 1100 g/mol. The first kappa shape index (κ1) is 58.0. The Balaban J connectivity index is 1.09. The van der Waals surface area contributed by atoms with Gasteiger partial charge in [0.2, 0.25) is 0 Å². The number of hydrogen-bond donors (Lipinski definition) is 9. The number of aliphatic hydroxyl groups excluding tert-OH is 8. The first-order valence-electron chi connectivity index (χ1n) is 26.4. The summed E-state index contributed by atoms with van der Waals surface area (Å²) in [5.41, 5.74) is 3.37. The van der Waals surface area contributed by atoms with Crippen LogP contribution in [0.5, 0.6) is 0 Å². The van der Waals surface area contributed by atoms with E-state index in [1.807, 2.05) is 61.5 Å². The molecule has 25 heteroatoms. The Morgan fingerprint density at radius 3 is 2.01 bits per heavy atom. The molecule has 25 nitrogen and oxygen atoms in total. The number of carbonyl (C=O) groups excluding carboxylic acids is 1. The molecule has 0 amide bonds. The maximum Gasteiger partial charge on any atom is 0.338 e. The third-order valence-corrected chi connectivity index (χ3v) is 14.9.